The summed E-state index contributed by atoms with van der Waals surface area (Å²) in [5.41, 5.74) is 3.57. The molecule has 0 spiro atoms. The summed E-state index contributed by atoms with van der Waals surface area (Å²) in [6.45, 7) is 5.84. The molecule has 8 nitrogen and oxygen atoms in total. The lowest BCUT2D eigenvalue weighted by molar-refractivity contribution is -0.119. The molecule has 1 heterocycles. The standard InChI is InChI=1S/C27H33N3O2.C7H15NO2/c1-3-20-11-10-15-23(17-20)29(4-2)26(31)19-30-24-16-9-8-12-21(24)18-25(30)27(32)28-22-13-6-5-7-14-22;9-6-4-2-1-3-5-8-7-10/h8-12,15-18,22H,3-7,13-14,19H2,1-2H3,(H,28,32);7,9H,1-6H2,(H,8,10). The quantitative estimate of drug-likeness (QED) is 0.172. The number of carbonyl (C=O) groups excluding carboxylic acids is 3. The first-order valence-corrected chi connectivity index (χ1v) is 15.6. The highest BCUT2D eigenvalue weighted by atomic mass is 16.3. The Kier molecular flexibility index (Phi) is 14.1. The number of aromatic nitrogens is 1. The highest BCUT2D eigenvalue weighted by molar-refractivity contribution is 6.01. The Morgan fingerprint density at radius 2 is 1.74 bits per heavy atom. The van der Waals surface area contributed by atoms with Crippen molar-refractivity contribution in [2.75, 3.05) is 24.6 Å². The predicted molar refractivity (Wildman–Crippen MR) is 170 cm³/mol. The minimum Gasteiger partial charge on any atom is -0.396 e. The number of amides is 3. The van der Waals surface area contributed by atoms with Gasteiger partial charge >= 0.3 is 0 Å². The van der Waals surface area contributed by atoms with Crippen LogP contribution in [0.2, 0.25) is 0 Å². The van der Waals surface area contributed by atoms with Crippen LogP contribution in [-0.2, 0) is 22.6 Å². The van der Waals surface area contributed by atoms with Crippen molar-refractivity contribution in [1.29, 1.82) is 0 Å². The average molecular weight is 577 g/mol. The average Bonchev–Trinajstić information content (AvgIpc) is 3.38. The third kappa shape index (κ3) is 9.72. The molecule has 0 radical (unpaired) electrons. The molecule has 4 rings (SSSR count). The van der Waals surface area contributed by atoms with Crippen molar-refractivity contribution in [2.24, 2.45) is 0 Å². The molecule has 0 atom stereocenters. The number of carbonyl (C=O) groups is 3. The first-order valence-electron chi connectivity index (χ1n) is 15.6. The fraction of sp³-hybridized carbons (Fsp3) is 0.500. The Balaban J connectivity index is 0.000000416. The van der Waals surface area contributed by atoms with Gasteiger partial charge in [-0.1, -0.05) is 69.4 Å². The van der Waals surface area contributed by atoms with Crippen LogP contribution in [0.15, 0.2) is 54.6 Å². The summed E-state index contributed by atoms with van der Waals surface area (Å²) in [5.74, 6) is -0.106. The number of unbranched alkanes of at least 4 members (excludes halogenated alkanes) is 3. The van der Waals surface area contributed by atoms with E-state index in [0.29, 0.717) is 18.6 Å². The topological polar surface area (TPSA) is 104 Å². The van der Waals surface area contributed by atoms with Crippen LogP contribution in [0.5, 0.6) is 0 Å². The summed E-state index contributed by atoms with van der Waals surface area (Å²) in [6.07, 6.45) is 11.3. The minimum absolute atomic E-state index is 0.0196. The highest BCUT2D eigenvalue weighted by Gasteiger charge is 2.23. The molecule has 2 aromatic carbocycles. The number of anilines is 1. The third-order valence-corrected chi connectivity index (χ3v) is 7.84. The Labute approximate surface area is 250 Å². The maximum absolute atomic E-state index is 13.4. The lowest BCUT2D eigenvalue weighted by Gasteiger charge is -2.24. The maximum atomic E-state index is 13.4. The summed E-state index contributed by atoms with van der Waals surface area (Å²) < 4.78 is 1.88. The van der Waals surface area contributed by atoms with Crippen LogP contribution >= 0.6 is 0 Å². The SMILES string of the molecule is CCc1cccc(N(CC)C(=O)Cn2c(C(=O)NC3CCCCC3)cc3ccccc32)c1.O=CNCCCCCCO. The van der Waals surface area contributed by atoms with E-state index in [9.17, 15) is 14.4 Å². The lowest BCUT2D eigenvalue weighted by atomic mass is 9.95. The second-order valence-electron chi connectivity index (χ2n) is 10.9. The highest BCUT2D eigenvalue weighted by Crippen LogP contribution is 2.23. The summed E-state index contributed by atoms with van der Waals surface area (Å²) >= 11 is 0. The molecule has 1 saturated carbocycles. The predicted octanol–water partition coefficient (Wildman–Crippen LogP) is 5.60. The monoisotopic (exact) mass is 576 g/mol. The number of aryl methyl sites for hydroxylation is 1. The van der Waals surface area contributed by atoms with Gasteiger partial charge in [0.15, 0.2) is 0 Å². The first kappa shape index (κ1) is 32.9. The Bertz CT molecular complexity index is 1270. The number of aliphatic hydroxyl groups is 1. The molecule has 0 bridgehead atoms. The number of hydrogen-bond donors (Lipinski definition) is 3. The van der Waals surface area contributed by atoms with Gasteiger partial charge in [-0.25, -0.2) is 0 Å². The Hall–Kier alpha value is -3.65. The van der Waals surface area contributed by atoms with Gasteiger partial charge in [0.05, 0.1) is 0 Å². The molecule has 0 saturated heterocycles. The third-order valence-electron chi connectivity index (χ3n) is 7.84. The van der Waals surface area contributed by atoms with Crippen molar-refractivity contribution in [3.05, 3.63) is 65.9 Å². The van der Waals surface area contributed by atoms with Gasteiger partial charge < -0.3 is 25.2 Å². The molecule has 228 valence electrons. The van der Waals surface area contributed by atoms with Crippen molar-refractivity contribution in [1.82, 2.24) is 15.2 Å². The summed E-state index contributed by atoms with van der Waals surface area (Å²) in [5, 5.41) is 15.2. The zero-order chi connectivity index (χ0) is 30.2. The second kappa shape index (κ2) is 18.0. The minimum atomic E-state index is -0.0862. The van der Waals surface area contributed by atoms with Crippen LogP contribution < -0.4 is 15.5 Å². The van der Waals surface area contributed by atoms with Crippen molar-refractivity contribution in [3.63, 3.8) is 0 Å². The number of aliphatic hydroxyl groups excluding tert-OH is 1. The van der Waals surface area contributed by atoms with E-state index in [-0.39, 0.29) is 31.0 Å². The number of hydrogen-bond acceptors (Lipinski definition) is 4. The summed E-state index contributed by atoms with van der Waals surface area (Å²) in [6, 6.07) is 18.2. The molecular weight excluding hydrogens is 528 g/mol. The molecule has 42 heavy (non-hydrogen) atoms. The van der Waals surface area contributed by atoms with Crippen LogP contribution in [0, 0.1) is 0 Å². The molecule has 1 aliphatic rings. The van der Waals surface area contributed by atoms with Gasteiger partial charge in [-0.15, -0.1) is 0 Å². The molecule has 8 heteroatoms. The first-order chi connectivity index (χ1) is 20.5. The maximum Gasteiger partial charge on any atom is 0.268 e. The normalized spacial score (nSPS) is 13.2. The number of nitrogens with one attached hydrogen (secondary N) is 2. The van der Waals surface area contributed by atoms with E-state index < -0.39 is 0 Å². The van der Waals surface area contributed by atoms with Crippen LogP contribution in [0.1, 0.15) is 87.7 Å². The lowest BCUT2D eigenvalue weighted by Crippen LogP contribution is -2.38. The molecule has 0 aliphatic heterocycles. The molecule has 3 N–H and O–H groups in total. The van der Waals surface area contributed by atoms with E-state index in [4.69, 9.17) is 5.11 Å². The van der Waals surface area contributed by atoms with E-state index in [0.717, 1.165) is 80.9 Å². The number of benzene rings is 2. The summed E-state index contributed by atoms with van der Waals surface area (Å²) in [4.78, 5) is 38.2. The van der Waals surface area contributed by atoms with Crippen molar-refractivity contribution in [2.45, 2.75) is 90.6 Å². The van der Waals surface area contributed by atoms with E-state index in [2.05, 4.69) is 29.7 Å². The van der Waals surface area contributed by atoms with Crippen LogP contribution in [-0.4, -0.2) is 53.6 Å². The van der Waals surface area contributed by atoms with E-state index in [1.807, 2.05) is 54.0 Å². The Morgan fingerprint density at radius 1 is 0.976 bits per heavy atom. The molecule has 1 aliphatic carbocycles. The number of rotatable bonds is 14. The van der Waals surface area contributed by atoms with Gasteiger partial charge in [0.2, 0.25) is 12.3 Å². The van der Waals surface area contributed by atoms with Crippen molar-refractivity contribution in [3.8, 4) is 0 Å². The van der Waals surface area contributed by atoms with Gasteiger partial charge in [-0.05, 0) is 68.9 Å². The zero-order valence-electron chi connectivity index (χ0n) is 25.3. The fourth-order valence-electron chi connectivity index (χ4n) is 5.49. The molecule has 1 aromatic heterocycles. The van der Waals surface area contributed by atoms with Gasteiger partial charge in [0, 0.05) is 42.3 Å². The summed E-state index contributed by atoms with van der Waals surface area (Å²) in [7, 11) is 0. The number of nitrogens with zero attached hydrogens (tertiary/aromatic N) is 2. The van der Waals surface area contributed by atoms with Gasteiger partial charge in [0.25, 0.3) is 5.91 Å². The van der Waals surface area contributed by atoms with Crippen LogP contribution in [0.25, 0.3) is 10.9 Å². The van der Waals surface area contributed by atoms with Crippen LogP contribution in [0.4, 0.5) is 5.69 Å². The van der Waals surface area contributed by atoms with E-state index in [1.165, 1.54) is 12.0 Å². The van der Waals surface area contributed by atoms with E-state index >= 15 is 0 Å². The van der Waals surface area contributed by atoms with Crippen molar-refractivity contribution < 1.29 is 19.5 Å². The zero-order valence-corrected chi connectivity index (χ0v) is 25.3. The molecule has 0 unspecified atom stereocenters. The van der Waals surface area contributed by atoms with Gasteiger partial charge in [-0.2, -0.15) is 0 Å². The van der Waals surface area contributed by atoms with Gasteiger partial charge in [0.1, 0.15) is 12.2 Å². The smallest absolute Gasteiger partial charge is 0.268 e. The molecular formula is C34H48N4O4. The van der Waals surface area contributed by atoms with Gasteiger partial charge in [-0.3, -0.25) is 14.4 Å². The molecule has 3 aromatic rings. The van der Waals surface area contributed by atoms with Crippen LogP contribution in [0.3, 0.4) is 0 Å². The number of likely N-dealkylation sites (N-methyl/N-ethyl adjacent to an activating group) is 1. The fourth-order valence-corrected chi connectivity index (χ4v) is 5.49. The Morgan fingerprint density at radius 3 is 2.45 bits per heavy atom. The van der Waals surface area contributed by atoms with E-state index in [1.54, 1.807) is 4.90 Å². The van der Waals surface area contributed by atoms with Crippen molar-refractivity contribution >= 4 is 34.8 Å². The molecule has 1 fully saturated rings. The number of fused-ring (bicyclic) bond motifs is 1. The largest absolute Gasteiger partial charge is 0.396 e. The number of para-hydroxylation sites is 1. The molecule has 3 amide bonds. The second-order valence-corrected chi connectivity index (χ2v) is 10.9.